The van der Waals surface area contributed by atoms with Gasteiger partial charge in [-0.1, -0.05) is 6.07 Å². The summed E-state index contributed by atoms with van der Waals surface area (Å²) in [7, 11) is 2.17. The number of aliphatic hydroxyl groups is 1. The Labute approximate surface area is 190 Å². The molecule has 4 aliphatic rings. The predicted octanol–water partition coefficient (Wildman–Crippen LogP) is 3.20. The summed E-state index contributed by atoms with van der Waals surface area (Å²) < 4.78 is 17.1. The van der Waals surface area contributed by atoms with E-state index in [1.165, 1.54) is 29.8 Å². The Morgan fingerprint density at radius 2 is 2.00 bits per heavy atom. The fraction of sp³-hybridized carbons (Fsp3) is 0.458. The van der Waals surface area contributed by atoms with E-state index in [0.717, 1.165) is 31.4 Å². The van der Waals surface area contributed by atoms with Gasteiger partial charge in [0.2, 0.25) is 0 Å². The number of hydrogen-bond donors (Lipinski definition) is 1. The Morgan fingerprint density at radius 1 is 1.21 bits per heavy atom. The third kappa shape index (κ3) is 2.88. The van der Waals surface area contributed by atoms with Crippen LogP contribution in [0.4, 0.5) is 10.5 Å². The average molecular weight is 452 g/mol. The molecule has 2 aromatic carbocycles. The predicted molar refractivity (Wildman–Crippen MR) is 116 cm³/mol. The molecule has 0 radical (unpaired) electrons. The molecule has 2 bridgehead atoms. The van der Waals surface area contributed by atoms with E-state index >= 15 is 0 Å². The topological polar surface area (TPSA) is 111 Å². The third-order valence-electron chi connectivity index (χ3n) is 7.99. The molecule has 2 heterocycles. The smallest absolute Gasteiger partial charge is 0.483 e. The van der Waals surface area contributed by atoms with Crippen LogP contribution in [-0.4, -0.2) is 52.9 Å². The van der Waals surface area contributed by atoms with Gasteiger partial charge in [0.05, 0.1) is 11.0 Å². The lowest BCUT2D eigenvalue weighted by Gasteiger charge is -2.58. The van der Waals surface area contributed by atoms with Crippen molar-refractivity contribution in [2.45, 2.75) is 49.3 Å². The van der Waals surface area contributed by atoms with Gasteiger partial charge in [-0.15, -0.1) is 0 Å². The molecule has 2 fully saturated rings. The maximum Gasteiger partial charge on any atom is 0.519 e. The molecular formula is C24H24N2O7. The van der Waals surface area contributed by atoms with E-state index in [0.29, 0.717) is 24.1 Å². The second kappa shape index (κ2) is 7.16. The van der Waals surface area contributed by atoms with Crippen molar-refractivity contribution in [3.05, 3.63) is 57.6 Å². The second-order valence-corrected chi connectivity index (χ2v) is 9.46. The van der Waals surface area contributed by atoms with Crippen LogP contribution in [0.1, 0.15) is 30.4 Å². The van der Waals surface area contributed by atoms with Gasteiger partial charge in [0.1, 0.15) is 11.9 Å². The van der Waals surface area contributed by atoms with Crippen LogP contribution in [0.15, 0.2) is 36.4 Å². The fourth-order valence-electron chi connectivity index (χ4n) is 6.62. The number of non-ortho nitro benzene ring substituents is 1. The van der Waals surface area contributed by atoms with Crippen LogP contribution in [-0.2, 0) is 11.8 Å². The molecule has 6 rings (SSSR count). The summed E-state index contributed by atoms with van der Waals surface area (Å²) in [5, 5.41) is 21.7. The monoisotopic (exact) mass is 452 g/mol. The number of ether oxygens (including phenoxy) is 3. The molecule has 172 valence electrons. The number of hydrogen-bond acceptors (Lipinski definition) is 8. The van der Waals surface area contributed by atoms with Gasteiger partial charge in [0, 0.05) is 29.2 Å². The maximum atomic E-state index is 12.5. The number of benzene rings is 2. The lowest BCUT2D eigenvalue weighted by molar-refractivity contribution is -0.384. The standard InChI is InChI=1S/C24H24N2O7/c1-25-11-10-24-16-7-8-18(27)22(24)33-21-19(9-2-13(20(21)24)12-17(16)25)32-23(28)31-15-5-3-14(4-6-15)26(29)30/h2-6,9,16-18,22,27H,7-8,10-12H2,1H3. The molecule has 1 saturated heterocycles. The van der Waals surface area contributed by atoms with Gasteiger partial charge in [-0.05, 0) is 69.0 Å². The number of nitro benzene ring substituents is 1. The second-order valence-electron chi connectivity index (χ2n) is 9.46. The van der Waals surface area contributed by atoms with Crippen molar-refractivity contribution in [1.29, 1.82) is 0 Å². The highest BCUT2D eigenvalue weighted by Gasteiger charge is 2.65. The normalized spacial score (nSPS) is 31.3. The first-order valence-corrected chi connectivity index (χ1v) is 11.2. The molecule has 2 aliphatic carbocycles. The molecule has 33 heavy (non-hydrogen) atoms. The zero-order chi connectivity index (χ0) is 22.9. The molecule has 1 N–H and O–H groups in total. The minimum atomic E-state index is -0.954. The quantitative estimate of drug-likeness (QED) is 0.327. The van der Waals surface area contributed by atoms with Crippen LogP contribution in [0.25, 0.3) is 0 Å². The number of carbonyl (C=O) groups is 1. The number of nitro groups is 1. The summed E-state index contributed by atoms with van der Waals surface area (Å²) in [5.74, 6) is 1.34. The summed E-state index contributed by atoms with van der Waals surface area (Å²) in [5.41, 5.74) is 1.91. The van der Waals surface area contributed by atoms with Gasteiger partial charge in [0.25, 0.3) is 5.69 Å². The van der Waals surface area contributed by atoms with Crippen LogP contribution < -0.4 is 14.2 Å². The van der Waals surface area contributed by atoms with Crippen molar-refractivity contribution in [3.8, 4) is 17.2 Å². The summed E-state index contributed by atoms with van der Waals surface area (Å²) in [6.07, 6.45) is 1.57. The SMILES string of the molecule is CN1CCC23c4c5ccc(OC(=O)Oc6ccc([N+](=O)[O-])cc6)c4OC2C(O)CCC3C1C5. The third-order valence-corrected chi connectivity index (χ3v) is 7.99. The van der Waals surface area contributed by atoms with E-state index in [1.54, 1.807) is 6.07 Å². The van der Waals surface area contributed by atoms with E-state index in [2.05, 4.69) is 11.9 Å². The molecular weight excluding hydrogens is 428 g/mol. The minimum Gasteiger partial charge on any atom is -0.483 e. The molecule has 2 aromatic rings. The molecule has 0 amide bonds. The molecule has 5 atom stereocenters. The molecule has 9 nitrogen and oxygen atoms in total. The van der Waals surface area contributed by atoms with Gasteiger partial charge in [-0.2, -0.15) is 0 Å². The first kappa shape index (κ1) is 20.4. The summed E-state index contributed by atoms with van der Waals surface area (Å²) >= 11 is 0. The number of rotatable bonds is 3. The Bertz CT molecular complexity index is 1150. The minimum absolute atomic E-state index is 0.0987. The van der Waals surface area contributed by atoms with E-state index in [4.69, 9.17) is 14.2 Å². The lowest BCUT2D eigenvalue weighted by Crippen LogP contribution is -2.66. The lowest BCUT2D eigenvalue weighted by atomic mass is 9.51. The van der Waals surface area contributed by atoms with Crippen LogP contribution in [0.2, 0.25) is 0 Å². The number of piperidine rings is 1. The largest absolute Gasteiger partial charge is 0.519 e. The Kier molecular flexibility index (Phi) is 4.44. The summed E-state index contributed by atoms with van der Waals surface area (Å²) in [4.78, 5) is 25.2. The van der Waals surface area contributed by atoms with E-state index < -0.39 is 17.2 Å². The highest BCUT2D eigenvalue weighted by atomic mass is 16.7. The first-order valence-electron chi connectivity index (χ1n) is 11.2. The number of likely N-dealkylation sites (tertiary alicyclic amines) is 1. The highest BCUT2D eigenvalue weighted by Crippen LogP contribution is 2.63. The molecule has 5 unspecified atom stereocenters. The van der Waals surface area contributed by atoms with Crippen molar-refractivity contribution < 1.29 is 29.0 Å². The van der Waals surface area contributed by atoms with Crippen LogP contribution >= 0.6 is 0 Å². The zero-order valence-electron chi connectivity index (χ0n) is 18.1. The van der Waals surface area contributed by atoms with Gasteiger partial charge in [-0.25, -0.2) is 4.79 Å². The van der Waals surface area contributed by atoms with Crippen molar-refractivity contribution >= 4 is 11.8 Å². The van der Waals surface area contributed by atoms with Gasteiger partial charge < -0.3 is 24.2 Å². The van der Waals surface area contributed by atoms with Crippen molar-refractivity contribution in [2.24, 2.45) is 5.92 Å². The fourth-order valence-corrected chi connectivity index (χ4v) is 6.62. The summed E-state index contributed by atoms with van der Waals surface area (Å²) in [6.45, 7) is 0.930. The van der Waals surface area contributed by atoms with Crippen molar-refractivity contribution in [2.75, 3.05) is 13.6 Å². The van der Waals surface area contributed by atoms with Gasteiger partial charge in [0.15, 0.2) is 11.5 Å². The molecule has 1 spiro atoms. The zero-order valence-corrected chi connectivity index (χ0v) is 18.1. The van der Waals surface area contributed by atoms with Crippen molar-refractivity contribution in [3.63, 3.8) is 0 Å². The number of nitrogens with zero attached hydrogens (tertiary/aromatic N) is 2. The van der Waals surface area contributed by atoms with Gasteiger partial charge >= 0.3 is 6.16 Å². The Morgan fingerprint density at radius 3 is 2.76 bits per heavy atom. The van der Waals surface area contributed by atoms with Crippen LogP contribution in [0.5, 0.6) is 17.2 Å². The molecule has 2 aliphatic heterocycles. The molecule has 1 saturated carbocycles. The van der Waals surface area contributed by atoms with E-state index in [9.17, 15) is 20.0 Å². The number of likely N-dealkylation sites (N-methyl/N-ethyl adjacent to an activating group) is 1. The number of carbonyl (C=O) groups excluding carboxylic acids is 1. The number of aliphatic hydroxyl groups excluding tert-OH is 1. The first-order chi connectivity index (χ1) is 15.9. The van der Waals surface area contributed by atoms with Gasteiger partial charge in [-0.3, -0.25) is 10.1 Å². The van der Waals surface area contributed by atoms with Crippen LogP contribution in [0, 0.1) is 16.0 Å². The molecule has 0 aromatic heterocycles. The molecule has 9 heteroatoms. The maximum absolute atomic E-state index is 12.5. The Hall–Kier alpha value is -3.17. The average Bonchev–Trinajstić information content (AvgIpc) is 3.15. The highest BCUT2D eigenvalue weighted by molar-refractivity contribution is 5.71. The Balaban J connectivity index is 1.32. The van der Waals surface area contributed by atoms with Crippen molar-refractivity contribution in [1.82, 2.24) is 4.90 Å². The van der Waals surface area contributed by atoms with E-state index in [1.807, 2.05) is 6.07 Å². The summed E-state index contributed by atoms with van der Waals surface area (Å²) in [6, 6.07) is 9.32. The van der Waals surface area contributed by atoms with E-state index in [-0.39, 0.29) is 28.7 Å². The van der Waals surface area contributed by atoms with Crippen LogP contribution in [0.3, 0.4) is 0 Å².